The minimum absolute atomic E-state index is 0.647. The molecule has 0 radical (unpaired) electrons. The van der Waals surface area contributed by atoms with Gasteiger partial charge < -0.3 is 0 Å². The van der Waals surface area contributed by atoms with Crippen LogP contribution in [0.4, 0.5) is 0 Å². The van der Waals surface area contributed by atoms with Gasteiger partial charge in [-0.05, 0) is 71.6 Å². The second-order valence-corrected chi connectivity index (χ2v) is 10.1. The van der Waals surface area contributed by atoms with Crippen LogP contribution in [0.2, 0.25) is 0 Å². The molecule has 30 heavy (non-hydrogen) atoms. The van der Waals surface area contributed by atoms with Crippen molar-refractivity contribution in [1.29, 1.82) is 0 Å². The third kappa shape index (κ3) is 3.32. The molecule has 146 valence electrons. The molecule has 5 rings (SSSR count). The van der Waals surface area contributed by atoms with Crippen LogP contribution in [0.5, 0.6) is 0 Å². The smallest absolute Gasteiger partial charge is 0.00563 e. The number of fused-ring (bicyclic) bond motifs is 1. The summed E-state index contributed by atoms with van der Waals surface area (Å²) in [5, 5.41) is 6.94. The van der Waals surface area contributed by atoms with Crippen molar-refractivity contribution >= 4 is 40.2 Å². The fraction of sp³-hybridized carbons (Fsp3) is 0.103. The fourth-order valence-electron chi connectivity index (χ4n) is 4.43. The summed E-state index contributed by atoms with van der Waals surface area (Å²) in [6.07, 6.45) is 3.40. The third-order valence-corrected chi connectivity index (χ3v) is 8.62. The summed E-state index contributed by atoms with van der Waals surface area (Å²) in [6.45, 7) is 4.53. The molecule has 0 saturated carbocycles. The first-order chi connectivity index (χ1) is 14.7. The van der Waals surface area contributed by atoms with Crippen molar-refractivity contribution in [2.24, 2.45) is 0 Å². The van der Waals surface area contributed by atoms with E-state index in [1.54, 1.807) is 0 Å². The number of hydrogen-bond acceptors (Lipinski definition) is 0. The van der Waals surface area contributed by atoms with Gasteiger partial charge in [-0.15, -0.1) is 0 Å². The van der Waals surface area contributed by atoms with E-state index in [4.69, 9.17) is 0 Å². The van der Waals surface area contributed by atoms with Crippen molar-refractivity contribution in [3.63, 3.8) is 0 Å². The third-order valence-electron chi connectivity index (χ3n) is 6.14. The Labute approximate surface area is 180 Å². The highest BCUT2D eigenvalue weighted by atomic mass is 31.1. The maximum atomic E-state index is 2.39. The number of benzene rings is 4. The van der Waals surface area contributed by atoms with E-state index in [1.807, 2.05) is 0 Å². The van der Waals surface area contributed by atoms with Gasteiger partial charge in [0.05, 0.1) is 0 Å². The first-order valence-corrected chi connectivity index (χ1v) is 11.9. The summed E-state index contributed by atoms with van der Waals surface area (Å²) >= 11 is 0. The van der Waals surface area contributed by atoms with E-state index < -0.39 is 7.92 Å². The molecule has 0 fully saturated rings. The van der Waals surface area contributed by atoms with Crippen LogP contribution in [0.25, 0.3) is 16.3 Å². The largest absolute Gasteiger partial charge is 0.0769 e. The average molecular weight is 404 g/mol. The molecule has 0 amide bonds. The molecule has 1 aliphatic carbocycles. The van der Waals surface area contributed by atoms with E-state index in [-0.39, 0.29) is 0 Å². The van der Waals surface area contributed by atoms with Gasteiger partial charge >= 0.3 is 0 Å². The van der Waals surface area contributed by atoms with Gasteiger partial charge in [0.25, 0.3) is 0 Å². The van der Waals surface area contributed by atoms with Crippen molar-refractivity contribution in [2.45, 2.75) is 20.3 Å². The molecule has 0 nitrogen and oxygen atoms in total. The average Bonchev–Trinajstić information content (AvgIpc) is 3.13. The van der Waals surface area contributed by atoms with Crippen molar-refractivity contribution in [2.75, 3.05) is 0 Å². The van der Waals surface area contributed by atoms with Crippen LogP contribution in [0.3, 0.4) is 0 Å². The molecule has 0 aromatic heterocycles. The van der Waals surface area contributed by atoms with Gasteiger partial charge in [-0.3, -0.25) is 0 Å². The summed E-state index contributed by atoms with van der Waals surface area (Å²) in [6, 6.07) is 35.6. The van der Waals surface area contributed by atoms with Crippen LogP contribution < -0.4 is 15.9 Å². The Morgan fingerprint density at radius 1 is 0.633 bits per heavy atom. The standard InChI is InChI=1S/C29H25P/c1-21-17-19-26(22(21)2)29-27-16-10-9-11-23(27)18-20-28(29)30(24-12-5-3-6-13-24)25-14-7-4-8-15-25/h3-18,20H,19H2,1-2H3. The van der Waals surface area contributed by atoms with E-state index in [9.17, 15) is 0 Å². The maximum Gasteiger partial charge on any atom is -0.00563 e. The molecule has 0 spiro atoms. The Morgan fingerprint density at radius 3 is 1.83 bits per heavy atom. The lowest BCUT2D eigenvalue weighted by atomic mass is 9.95. The predicted molar refractivity (Wildman–Crippen MR) is 134 cm³/mol. The molecule has 1 aliphatic rings. The summed E-state index contributed by atoms with van der Waals surface area (Å²) in [7, 11) is -0.647. The molecule has 0 bridgehead atoms. The highest BCUT2D eigenvalue weighted by Crippen LogP contribution is 2.42. The summed E-state index contributed by atoms with van der Waals surface area (Å²) < 4.78 is 0. The monoisotopic (exact) mass is 404 g/mol. The van der Waals surface area contributed by atoms with E-state index in [1.165, 1.54) is 49.0 Å². The van der Waals surface area contributed by atoms with Crippen LogP contribution in [-0.4, -0.2) is 0 Å². The van der Waals surface area contributed by atoms with E-state index >= 15 is 0 Å². The van der Waals surface area contributed by atoms with Crippen molar-refractivity contribution in [3.8, 4) is 0 Å². The first kappa shape index (κ1) is 19.0. The Hall–Kier alpha value is -2.95. The molecular formula is C29H25P. The minimum atomic E-state index is -0.647. The molecule has 0 saturated heterocycles. The number of rotatable bonds is 4. The van der Waals surface area contributed by atoms with Gasteiger partial charge in [-0.1, -0.05) is 109 Å². The quantitative estimate of drug-likeness (QED) is 0.331. The minimum Gasteiger partial charge on any atom is -0.0769 e. The van der Waals surface area contributed by atoms with E-state index in [0.29, 0.717) is 0 Å². The summed E-state index contributed by atoms with van der Waals surface area (Å²) in [4.78, 5) is 0. The highest BCUT2D eigenvalue weighted by Gasteiger charge is 2.24. The second-order valence-electron chi connectivity index (χ2n) is 7.88. The molecule has 4 aromatic rings. The summed E-state index contributed by atoms with van der Waals surface area (Å²) in [5.41, 5.74) is 5.77. The number of hydrogen-bond donors (Lipinski definition) is 0. The van der Waals surface area contributed by atoms with Crippen molar-refractivity contribution in [3.05, 3.63) is 120 Å². The molecule has 4 aromatic carbocycles. The van der Waals surface area contributed by atoms with Crippen LogP contribution in [0.15, 0.2) is 114 Å². The SMILES string of the molecule is CC1=CCC(c2c(P(c3ccccc3)c3ccccc3)ccc3ccccc23)=C1C. The molecule has 0 unspecified atom stereocenters. The normalized spacial score (nSPS) is 13.9. The van der Waals surface area contributed by atoms with Crippen LogP contribution >= 0.6 is 7.92 Å². The number of allylic oxidation sites excluding steroid dienone is 4. The molecule has 0 atom stereocenters. The van der Waals surface area contributed by atoms with Crippen molar-refractivity contribution in [1.82, 2.24) is 0 Å². The molecule has 0 N–H and O–H groups in total. The maximum absolute atomic E-state index is 2.39. The lowest BCUT2D eigenvalue weighted by molar-refractivity contribution is 1.39. The van der Waals surface area contributed by atoms with Gasteiger partial charge in [-0.25, -0.2) is 0 Å². The van der Waals surface area contributed by atoms with Crippen LogP contribution in [-0.2, 0) is 0 Å². The zero-order valence-corrected chi connectivity index (χ0v) is 18.4. The van der Waals surface area contributed by atoms with Gasteiger partial charge in [0, 0.05) is 0 Å². The molecule has 0 heterocycles. The van der Waals surface area contributed by atoms with Gasteiger partial charge in [-0.2, -0.15) is 0 Å². The van der Waals surface area contributed by atoms with E-state index in [2.05, 4.69) is 117 Å². The highest BCUT2D eigenvalue weighted by molar-refractivity contribution is 7.80. The van der Waals surface area contributed by atoms with Gasteiger partial charge in [0.1, 0.15) is 0 Å². The topological polar surface area (TPSA) is 0 Å². The zero-order chi connectivity index (χ0) is 20.5. The molecule has 0 aliphatic heterocycles. The zero-order valence-electron chi connectivity index (χ0n) is 17.5. The Balaban J connectivity index is 1.84. The fourth-order valence-corrected chi connectivity index (χ4v) is 6.93. The van der Waals surface area contributed by atoms with Gasteiger partial charge in [0.2, 0.25) is 0 Å². The van der Waals surface area contributed by atoms with Gasteiger partial charge in [0.15, 0.2) is 0 Å². The predicted octanol–water partition coefficient (Wildman–Crippen LogP) is 6.72. The van der Waals surface area contributed by atoms with Crippen LogP contribution in [0, 0.1) is 0 Å². The van der Waals surface area contributed by atoms with E-state index in [0.717, 1.165) is 6.42 Å². The second kappa shape index (κ2) is 8.05. The Kier molecular flexibility index (Phi) is 5.11. The Bertz CT molecular complexity index is 1220. The lowest BCUT2D eigenvalue weighted by Crippen LogP contribution is -2.23. The lowest BCUT2D eigenvalue weighted by Gasteiger charge is -2.25. The first-order valence-electron chi connectivity index (χ1n) is 10.5. The molecule has 1 heteroatoms. The van der Waals surface area contributed by atoms with Crippen molar-refractivity contribution < 1.29 is 0 Å². The van der Waals surface area contributed by atoms with Crippen LogP contribution in [0.1, 0.15) is 25.8 Å². The summed E-state index contributed by atoms with van der Waals surface area (Å²) in [5.74, 6) is 0. The Morgan fingerprint density at radius 2 is 1.23 bits per heavy atom. The molecular weight excluding hydrogens is 379 g/mol.